The van der Waals surface area contributed by atoms with Crippen LogP contribution in [0.3, 0.4) is 0 Å². The van der Waals surface area contributed by atoms with Gasteiger partial charge in [0.05, 0.1) is 0 Å². The largest absolute Gasteiger partial charge is 0.375 e. The Balaban J connectivity index is 0.00000112. The van der Waals surface area contributed by atoms with Crippen LogP contribution < -0.4 is 5.73 Å². The predicted molar refractivity (Wildman–Crippen MR) is 67.5 cm³/mol. The molecule has 15 heavy (non-hydrogen) atoms. The number of hydrogen-bond donors (Lipinski definition) is 1. The minimum absolute atomic E-state index is 0. The van der Waals surface area contributed by atoms with Crippen LogP contribution in [0, 0.1) is 0 Å². The van der Waals surface area contributed by atoms with Gasteiger partial charge in [0.2, 0.25) is 0 Å². The molecule has 0 radical (unpaired) electrons. The van der Waals surface area contributed by atoms with E-state index in [0.29, 0.717) is 5.13 Å². The van der Waals surface area contributed by atoms with Crippen molar-refractivity contribution in [2.75, 3.05) is 12.3 Å². The fraction of sp³-hybridized carbons (Fsp3) is 0.700. The molecule has 1 aromatic heterocycles. The number of thiazole rings is 1. The van der Waals surface area contributed by atoms with Gasteiger partial charge in [0.15, 0.2) is 5.13 Å². The van der Waals surface area contributed by atoms with E-state index in [9.17, 15) is 0 Å². The van der Waals surface area contributed by atoms with Crippen molar-refractivity contribution in [1.82, 2.24) is 9.88 Å². The zero-order valence-electron chi connectivity index (χ0n) is 8.98. The van der Waals surface area contributed by atoms with Crippen LogP contribution in [-0.4, -0.2) is 22.5 Å². The maximum absolute atomic E-state index is 5.61. The molecule has 1 unspecified atom stereocenters. The highest BCUT2D eigenvalue weighted by molar-refractivity contribution is 7.15. The fourth-order valence-electron chi connectivity index (χ4n) is 2.16. The first-order chi connectivity index (χ1) is 6.79. The molecule has 1 aliphatic heterocycles. The Hall–Kier alpha value is -0.320. The number of hydrogen-bond acceptors (Lipinski definition) is 4. The highest BCUT2D eigenvalue weighted by atomic mass is 35.5. The lowest BCUT2D eigenvalue weighted by Crippen LogP contribution is -2.27. The lowest BCUT2D eigenvalue weighted by atomic mass is 10.2. The number of nitrogen functional groups attached to an aromatic ring is 1. The molecule has 1 saturated heterocycles. The second-order valence-electron chi connectivity index (χ2n) is 3.84. The second-order valence-corrected chi connectivity index (χ2v) is 4.99. The Morgan fingerprint density at radius 1 is 1.67 bits per heavy atom. The molecular weight excluding hydrogens is 230 g/mol. The molecule has 1 fully saturated rings. The molecule has 0 aliphatic carbocycles. The number of nitrogens with two attached hydrogens (primary N) is 1. The Labute approximate surface area is 101 Å². The quantitative estimate of drug-likeness (QED) is 0.893. The van der Waals surface area contributed by atoms with Crippen LogP contribution in [0.4, 0.5) is 5.13 Å². The third-order valence-electron chi connectivity index (χ3n) is 2.90. The van der Waals surface area contributed by atoms with Gasteiger partial charge in [-0.1, -0.05) is 6.92 Å². The summed E-state index contributed by atoms with van der Waals surface area (Å²) in [5, 5.41) is 0.687. The van der Waals surface area contributed by atoms with Crippen molar-refractivity contribution >= 4 is 28.9 Å². The van der Waals surface area contributed by atoms with E-state index >= 15 is 0 Å². The van der Waals surface area contributed by atoms with Crippen molar-refractivity contribution in [3.05, 3.63) is 11.1 Å². The van der Waals surface area contributed by atoms with Gasteiger partial charge in [-0.3, -0.25) is 4.90 Å². The molecule has 0 saturated carbocycles. The lowest BCUT2D eigenvalue weighted by molar-refractivity contribution is 0.242. The molecule has 0 spiro atoms. The zero-order chi connectivity index (χ0) is 9.97. The molecule has 0 aromatic carbocycles. The number of anilines is 1. The SMILES string of the molecule is CCC1CCCN1Cc1cnc(N)s1.Cl. The van der Waals surface area contributed by atoms with Crippen molar-refractivity contribution in [3.8, 4) is 0 Å². The molecular formula is C10H18ClN3S. The molecule has 0 bridgehead atoms. The topological polar surface area (TPSA) is 42.2 Å². The smallest absolute Gasteiger partial charge is 0.180 e. The van der Waals surface area contributed by atoms with Gasteiger partial charge in [-0.25, -0.2) is 4.98 Å². The van der Waals surface area contributed by atoms with Crippen LogP contribution in [0.2, 0.25) is 0 Å². The van der Waals surface area contributed by atoms with E-state index in [-0.39, 0.29) is 12.4 Å². The molecule has 1 atom stereocenters. The summed E-state index contributed by atoms with van der Waals surface area (Å²) < 4.78 is 0. The number of halogens is 1. The van der Waals surface area contributed by atoms with Gasteiger partial charge >= 0.3 is 0 Å². The van der Waals surface area contributed by atoms with E-state index in [1.54, 1.807) is 11.3 Å². The first-order valence-corrected chi connectivity index (χ1v) is 6.05. The standard InChI is InChI=1S/C10H17N3S.ClH/c1-2-8-4-3-5-13(8)7-9-6-12-10(11)14-9;/h6,8H,2-5,7H2,1H3,(H2,11,12);1H. The average Bonchev–Trinajstić information content (AvgIpc) is 2.76. The predicted octanol–water partition coefficient (Wildman–Crippen LogP) is 2.52. The van der Waals surface area contributed by atoms with Crippen LogP contribution >= 0.6 is 23.7 Å². The zero-order valence-corrected chi connectivity index (χ0v) is 10.6. The fourth-order valence-corrected chi connectivity index (χ4v) is 2.87. The maximum Gasteiger partial charge on any atom is 0.180 e. The van der Waals surface area contributed by atoms with E-state index in [1.807, 2.05) is 6.20 Å². The highest BCUT2D eigenvalue weighted by Crippen LogP contribution is 2.24. The molecule has 86 valence electrons. The average molecular weight is 248 g/mol. The van der Waals surface area contributed by atoms with Gasteiger partial charge in [-0.2, -0.15) is 0 Å². The number of likely N-dealkylation sites (tertiary alicyclic amines) is 1. The Kier molecular flexibility index (Phi) is 4.83. The summed E-state index contributed by atoms with van der Waals surface area (Å²) in [5.41, 5.74) is 5.61. The Morgan fingerprint density at radius 2 is 2.47 bits per heavy atom. The monoisotopic (exact) mass is 247 g/mol. The second kappa shape index (κ2) is 5.68. The van der Waals surface area contributed by atoms with E-state index in [4.69, 9.17) is 5.73 Å². The molecule has 5 heteroatoms. The van der Waals surface area contributed by atoms with Crippen molar-refractivity contribution in [3.63, 3.8) is 0 Å². The summed E-state index contributed by atoms with van der Waals surface area (Å²) >= 11 is 1.61. The Bertz CT molecular complexity index is 303. The molecule has 1 aliphatic rings. The van der Waals surface area contributed by atoms with Crippen LogP contribution in [0.15, 0.2) is 6.20 Å². The van der Waals surface area contributed by atoms with E-state index in [2.05, 4.69) is 16.8 Å². The summed E-state index contributed by atoms with van der Waals surface area (Å²) in [6, 6.07) is 0.776. The first kappa shape index (κ1) is 12.7. The van der Waals surface area contributed by atoms with E-state index in [1.165, 1.54) is 30.7 Å². The third kappa shape index (κ3) is 3.06. The van der Waals surface area contributed by atoms with Crippen LogP contribution in [-0.2, 0) is 6.54 Å². The van der Waals surface area contributed by atoms with E-state index < -0.39 is 0 Å². The number of rotatable bonds is 3. The molecule has 2 N–H and O–H groups in total. The van der Waals surface area contributed by atoms with Crippen LogP contribution in [0.1, 0.15) is 31.1 Å². The van der Waals surface area contributed by atoms with Gasteiger partial charge in [-0.05, 0) is 25.8 Å². The van der Waals surface area contributed by atoms with Crippen molar-refractivity contribution in [2.45, 2.75) is 38.8 Å². The number of nitrogens with zero attached hydrogens (tertiary/aromatic N) is 2. The number of aromatic nitrogens is 1. The molecule has 2 rings (SSSR count). The third-order valence-corrected chi connectivity index (χ3v) is 3.71. The van der Waals surface area contributed by atoms with Crippen molar-refractivity contribution in [2.24, 2.45) is 0 Å². The Morgan fingerprint density at radius 3 is 3.07 bits per heavy atom. The molecule has 1 aromatic rings. The minimum Gasteiger partial charge on any atom is -0.375 e. The van der Waals surface area contributed by atoms with Crippen LogP contribution in [0.5, 0.6) is 0 Å². The van der Waals surface area contributed by atoms with Gasteiger partial charge in [-0.15, -0.1) is 23.7 Å². The van der Waals surface area contributed by atoms with Crippen LogP contribution in [0.25, 0.3) is 0 Å². The summed E-state index contributed by atoms with van der Waals surface area (Å²) in [4.78, 5) is 7.92. The molecule has 3 nitrogen and oxygen atoms in total. The van der Waals surface area contributed by atoms with Gasteiger partial charge in [0, 0.05) is 23.7 Å². The molecule has 0 amide bonds. The minimum atomic E-state index is 0. The summed E-state index contributed by atoms with van der Waals surface area (Å²) in [5.74, 6) is 0. The highest BCUT2D eigenvalue weighted by Gasteiger charge is 2.22. The van der Waals surface area contributed by atoms with Gasteiger partial charge < -0.3 is 5.73 Å². The maximum atomic E-state index is 5.61. The van der Waals surface area contributed by atoms with E-state index in [0.717, 1.165) is 12.6 Å². The van der Waals surface area contributed by atoms with Gasteiger partial charge in [0.25, 0.3) is 0 Å². The first-order valence-electron chi connectivity index (χ1n) is 5.24. The van der Waals surface area contributed by atoms with Crippen molar-refractivity contribution in [1.29, 1.82) is 0 Å². The summed E-state index contributed by atoms with van der Waals surface area (Å²) in [6.07, 6.45) is 5.86. The van der Waals surface area contributed by atoms with Gasteiger partial charge in [0.1, 0.15) is 0 Å². The lowest BCUT2D eigenvalue weighted by Gasteiger charge is -2.21. The summed E-state index contributed by atoms with van der Waals surface area (Å²) in [6.45, 7) is 4.54. The van der Waals surface area contributed by atoms with Crippen molar-refractivity contribution < 1.29 is 0 Å². The normalized spacial score (nSPS) is 21.5. The summed E-state index contributed by atoms with van der Waals surface area (Å²) in [7, 11) is 0. The molecule has 2 heterocycles.